The number of ketones is 1. The van der Waals surface area contributed by atoms with Crippen molar-refractivity contribution in [1.82, 2.24) is 0 Å². The lowest BCUT2D eigenvalue weighted by Gasteiger charge is -2.01. The van der Waals surface area contributed by atoms with Crippen LogP contribution in [0.4, 0.5) is 5.69 Å². The molecule has 1 rings (SSSR count). The zero-order chi connectivity index (χ0) is 11.4. The molecule has 0 saturated heterocycles. The molecule has 0 fully saturated rings. The van der Waals surface area contributed by atoms with Crippen LogP contribution in [0, 0.1) is 10.1 Å². The van der Waals surface area contributed by atoms with Crippen molar-refractivity contribution >= 4 is 23.1 Å². The maximum Gasteiger partial charge on any atom is 0.274 e. The SMILES string of the molecule is CC(=O)CCc1ccc(Cl)cc1[N+](=O)[O-]. The van der Waals surface area contributed by atoms with Gasteiger partial charge in [-0.3, -0.25) is 10.1 Å². The van der Waals surface area contributed by atoms with E-state index in [1.807, 2.05) is 0 Å². The summed E-state index contributed by atoms with van der Waals surface area (Å²) in [6.45, 7) is 1.46. The Hall–Kier alpha value is -1.42. The Morgan fingerprint density at radius 2 is 2.20 bits per heavy atom. The standard InChI is InChI=1S/C10H10ClNO3/c1-7(13)2-3-8-4-5-9(11)6-10(8)12(14)15/h4-6H,2-3H2,1H3. The lowest BCUT2D eigenvalue weighted by atomic mass is 10.1. The summed E-state index contributed by atoms with van der Waals surface area (Å²) in [4.78, 5) is 21.0. The van der Waals surface area contributed by atoms with Gasteiger partial charge >= 0.3 is 0 Å². The van der Waals surface area contributed by atoms with Crippen molar-refractivity contribution in [2.24, 2.45) is 0 Å². The van der Waals surface area contributed by atoms with Gasteiger partial charge in [0.05, 0.1) is 4.92 Å². The monoisotopic (exact) mass is 227 g/mol. The molecule has 0 N–H and O–H groups in total. The second-order valence-corrected chi connectivity index (χ2v) is 3.67. The largest absolute Gasteiger partial charge is 0.300 e. The summed E-state index contributed by atoms with van der Waals surface area (Å²) in [5.41, 5.74) is 0.517. The molecule has 4 nitrogen and oxygen atoms in total. The number of aryl methyl sites for hydroxylation is 1. The molecule has 0 aliphatic carbocycles. The number of Topliss-reactive ketones (excluding diaryl/α,β-unsaturated/α-hetero) is 1. The van der Waals surface area contributed by atoms with Crippen LogP contribution in [-0.2, 0) is 11.2 Å². The average Bonchev–Trinajstić information content (AvgIpc) is 2.15. The van der Waals surface area contributed by atoms with Crippen LogP contribution in [-0.4, -0.2) is 10.7 Å². The fraction of sp³-hybridized carbons (Fsp3) is 0.300. The molecule has 0 amide bonds. The summed E-state index contributed by atoms with van der Waals surface area (Å²) in [5.74, 6) is 0.0132. The molecule has 80 valence electrons. The van der Waals surface area contributed by atoms with E-state index in [4.69, 9.17) is 11.6 Å². The van der Waals surface area contributed by atoms with Crippen LogP contribution in [0.5, 0.6) is 0 Å². The quantitative estimate of drug-likeness (QED) is 0.587. The third kappa shape index (κ3) is 3.32. The van der Waals surface area contributed by atoms with Crippen molar-refractivity contribution in [3.63, 3.8) is 0 Å². The molecule has 0 heterocycles. The smallest absolute Gasteiger partial charge is 0.274 e. The Balaban J connectivity index is 2.95. The highest BCUT2D eigenvalue weighted by molar-refractivity contribution is 6.30. The molecule has 5 heteroatoms. The van der Waals surface area contributed by atoms with Gasteiger partial charge < -0.3 is 4.79 Å². The van der Waals surface area contributed by atoms with Gasteiger partial charge in [-0.2, -0.15) is 0 Å². The van der Waals surface area contributed by atoms with Gasteiger partial charge in [0.25, 0.3) is 5.69 Å². The molecule has 0 atom stereocenters. The fourth-order valence-electron chi connectivity index (χ4n) is 1.23. The molecule has 0 saturated carbocycles. The first-order valence-electron chi connectivity index (χ1n) is 4.43. The molecule has 1 aromatic rings. The Morgan fingerprint density at radius 3 is 2.73 bits per heavy atom. The maximum atomic E-state index is 10.8. The van der Waals surface area contributed by atoms with Gasteiger partial charge in [0, 0.05) is 23.1 Å². The van der Waals surface area contributed by atoms with Crippen LogP contribution in [0.15, 0.2) is 18.2 Å². The van der Waals surface area contributed by atoms with E-state index in [1.165, 1.54) is 13.0 Å². The number of rotatable bonds is 4. The van der Waals surface area contributed by atoms with Crippen molar-refractivity contribution in [2.45, 2.75) is 19.8 Å². The molecule has 15 heavy (non-hydrogen) atoms. The van der Waals surface area contributed by atoms with Crippen LogP contribution in [0.25, 0.3) is 0 Å². The maximum absolute atomic E-state index is 10.8. The van der Waals surface area contributed by atoms with Crippen LogP contribution >= 0.6 is 11.6 Å². The molecular weight excluding hydrogens is 218 g/mol. The first-order chi connectivity index (χ1) is 7.00. The molecule has 0 spiro atoms. The Bertz CT molecular complexity index is 404. The van der Waals surface area contributed by atoms with Crippen LogP contribution in [0.3, 0.4) is 0 Å². The third-order valence-corrected chi connectivity index (χ3v) is 2.23. The summed E-state index contributed by atoms with van der Waals surface area (Å²) >= 11 is 5.65. The molecule has 0 radical (unpaired) electrons. The lowest BCUT2D eigenvalue weighted by molar-refractivity contribution is -0.385. The first-order valence-corrected chi connectivity index (χ1v) is 4.80. The van der Waals surface area contributed by atoms with Gasteiger partial charge in [0.1, 0.15) is 5.78 Å². The molecule has 0 aliphatic heterocycles. The molecule has 0 aromatic heterocycles. The minimum atomic E-state index is -0.485. The number of carbonyl (C=O) groups excluding carboxylic acids is 1. The highest BCUT2D eigenvalue weighted by Gasteiger charge is 2.14. The number of benzene rings is 1. The summed E-state index contributed by atoms with van der Waals surface area (Å²) in [5, 5.41) is 11.0. The van der Waals surface area contributed by atoms with Crippen molar-refractivity contribution in [1.29, 1.82) is 0 Å². The predicted octanol–water partition coefficient (Wildman–Crippen LogP) is 2.77. The van der Waals surface area contributed by atoms with Gasteiger partial charge in [-0.05, 0) is 19.4 Å². The van der Waals surface area contributed by atoms with E-state index in [2.05, 4.69) is 0 Å². The normalized spacial score (nSPS) is 10.0. The molecule has 1 aromatic carbocycles. The topological polar surface area (TPSA) is 60.2 Å². The summed E-state index contributed by atoms with van der Waals surface area (Å²) in [7, 11) is 0. The van der Waals surface area contributed by atoms with E-state index in [-0.39, 0.29) is 11.5 Å². The predicted molar refractivity (Wildman–Crippen MR) is 57.1 cm³/mol. The van der Waals surface area contributed by atoms with Crippen LogP contribution in [0.2, 0.25) is 5.02 Å². The number of nitro benzene ring substituents is 1. The van der Waals surface area contributed by atoms with Gasteiger partial charge in [-0.25, -0.2) is 0 Å². The van der Waals surface area contributed by atoms with E-state index in [0.29, 0.717) is 23.4 Å². The van der Waals surface area contributed by atoms with E-state index in [0.717, 1.165) is 0 Å². The number of nitrogens with zero attached hydrogens (tertiary/aromatic N) is 1. The van der Waals surface area contributed by atoms with Crippen molar-refractivity contribution in [2.75, 3.05) is 0 Å². The van der Waals surface area contributed by atoms with Crippen molar-refractivity contribution in [3.05, 3.63) is 38.9 Å². The minimum absolute atomic E-state index is 0.0132. The first kappa shape index (κ1) is 11.7. The van der Waals surface area contributed by atoms with E-state index >= 15 is 0 Å². The number of hydrogen-bond acceptors (Lipinski definition) is 3. The second-order valence-electron chi connectivity index (χ2n) is 3.23. The third-order valence-electron chi connectivity index (χ3n) is 1.99. The van der Waals surface area contributed by atoms with Gasteiger partial charge in [0.15, 0.2) is 0 Å². The van der Waals surface area contributed by atoms with Crippen molar-refractivity contribution in [3.8, 4) is 0 Å². The van der Waals surface area contributed by atoms with Crippen LogP contribution in [0.1, 0.15) is 18.9 Å². The zero-order valence-electron chi connectivity index (χ0n) is 8.20. The Labute approximate surface area is 92.0 Å². The summed E-state index contributed by atoms with van der Waals surface area (Å²) in [6, 6.07) is 4.48. The van der Waals surface area contributed by atoms with Crippen molar-refractivity contribution < 1.29 is 9.72 Å². The fourth-order valence-corrected chi connectivity index (χ4v) is 1.40. The number of carbonyl (C=O) groups is 1. The molecule has 0 bridgehead atoms. The average molecular weight is 228 g/mol. The number of hydrogen-bond donors (Lipinski definition) is 0. The summed E-state index contributed by atoms with van der Waals surface area (Å²) in [6.07, 6.45) is 0.686. The van der Waals surface area contributed by atoms with E-state index in [1.54, 1.807) is 12.1 Å². The lowest BCUT2D eigenvalue weighted by Crippen LogP contribution is -1.99. The molecule has 0 unspecified atom stereocenters. The number of halogens is 1. The molecular formula is C10H10ClNO3. The Kier molecular flexibility index (Phi) is 3.80. The highest BCUT2D eigenvalue weighted by atomic mass is 35.5. The molecule has 0 aliphatic rings. The van der Waals surface area contributed by atoms with E-state index < -0.39 is 4.92 Å². The van der Waals surface area contributed by atoms with Gasteiger partial charge in [-0.15, -0.1) is 0 Å². The minimum Gasteiger partial charge on any atom is -0.300 e. The number of nitro groups is 1. The van der Waals surface area contributed by atoms with Gasteiger partial charge in [0.2, 0.25) is 0 Å². The van der Waals surface area contributed by atoms with Crippen LogP contribution < -0.4 is 0 Å². The zero-order valence-corrected chi connectivity index (χ0v) is 8.95. The van der Waals surface area contributed by atoms with E-state index in [9.17, 15) is 14.9 Å². The van der Waals surface area contributed by atoms with Gasteiger partial charge in [-0.1, -0.05) is 17.7 Å². The summed E-state index contributed by atoms with van der Waals surface area (Å²) < 4.78 is 0. The highest BCUT2D eigenvalue weighted by Crippen LogP contribution is 2.24. The Morgan fingerprint density at radius 1 is 1.53 bits per heavy atom. The second kappa shape index (κ2) is 4.89.